The number of carbonyl (C=O) groups is 2. The first-order valence-corrected chi connectivity index (χ1v) is 7.33. The van der Waals surface area contributed by atoms with Crippen molar-refractivity contribution in [2.24, 2.45) is 5.41 Å². The molecule has 0 atom stereocenters. The monoisotopic (exact) mass is 360 g/mol. The van der Waals surface area contributed by atoms with Gasteiger partial charge in [-0.1, -0.05) is 34.0 Å². The van der Waals surface area contributed by atoms with E-state index in [4.69, 9.17) is 16.7 Å². The molecule has 0 saturated heterocycles. The van der Waals surface area contributed by atoms with Crippen LogP contribution in [0.4, 0.5) is 10.5 Å². The molecular weight excluding hydrogens is 348 g/mol. The van der Waals surface area contributed by atoms with E-state index in [1.807, 2.05) is 0 Å². The van der Waals surface area contributed by atoms with Crippen LogP contribution in [0.5, 0.6) is 0 Å². The number of carboxylic acids is 1. The number of amides is 2. The third kappa shape index (κ3) is 3.24. The molecule has 0 bridgehead atoms. The summed E-state index contributed by atoms with van der Waals surface area (Å²) in [6.07, 6.45) is 2.08. The van der Waals surface area contributed by atoms with E-state index in [9.17, 15) is 9.59 Å². The van der Waals surface area contributed by atoms with Crippen molar-refractivity contribution >= 4 is 45.2 Å². The molecule has 1 aliphatic rings. The summed E-state index contributed by atoms with van der Waals surface area (Å²) >= 11 is 9.25. The van der Waals surface area contributed by atoms with Crippen LogP contribution < -0.4 is 10.6 Å². The van der Waals surface area contributed by atoms with E-state index in [2.05, 4.69) is 26.6 Å². The molecule has 0 unspecified atom stereocenters. The van der Waals surface area contributed by atoms with Gasteiger partial charge in [0.1, 0.15) is 0 Å². The summed E-state index contributed by atoms with van der Waals surface area (Å²) in [4.78, 5) is 23.0. The maximum absolute atomic E-state index is 11.8. The molecule has 0 spiro atoms. The van der Waals surface area contributed by atoms with Crippen LogP contribution in [0.3, 0.4) is 0 Å². The molecule has 3 N–H and O–H groups in total. The third-order valence-corrected chi connectivity index (χ3v) is 4.35. The second-order valence-corrected chi connectivity index (χ2v) is 6.19. The average molecular weight is 362 g/mol. The summed E-state index contributed by atoms with van der Waals surface area (Å²) in [5.41, 5.74) is -0.338. The predicted molar refractivity (Wildman–Crippen MR) is 80.1 cm³/mol. The van der Waals surface area contributed by atoms with E-state index < -0.39 is 17.4 Å². The molecule has 2 amide bonds. The van der Waals surface area contributed by atoms with E-state index in [0.717, 1.165) is 10.9 Å². The molecular formula is C13H14BrClN2O3. The predicted octanol–water partition coefficient (Wildman–Crippen LogP) is 3.48. The van der Waals surface area contributed by atoms with Gasteiger partial charge >= 0.3 is 12.0 Å². The standard InChI is InChI=1S/C13H14BrClN2O3/c14-8-2-3-9(15)10(6-8)17-12(20)16-7-13(11(18)19)4-1-5-13/h2-3,6H,1,4-5,7H2,(H,18,19)(H2,16,17,20). The number of carboxylic acid groups (broad SMARTS) is 1. The van der Waals surface area contributed by atoms with Crippen LogP contribution in [0.25, 0.3) is 0 Å². The van der Waals surface area contributed by atoms with Crippen molar-refractivity contribution in [1.82, 2.24) is 5.32 Å². The first kappa shape index (κ1) is 15.1. The smallest absolute Gasteiger partial charge is 0.319 e. The second-order valence-electron chi connectivity index (χ2n) is 4.87. The summed E-state index contributed by atoms with van der Waals surface area (Å²) in [7, 11) is 0. The largest absolute Gasteiger partial charge is 0.481 e. The topological polar surface area (TPSA) is 78.4 Å². The number of carbonyl (C=O) groups excluding carboxylic acids is 1. The van der Waals surface area contributed by atoms with Crippen LogP contribution >= 0.6 is 27.5 Å². The lowest BCUT2D eigenvalue weighted by Crippen LogP contribution is -2.48. The molecule has 1 aromatic rings. The lowest BCUT2D eigenvalue weighted by atomic mass is 9.69. The molecule has 0 radical (unpaired) electrons. The Morgan fingerprint density at radius 2 is 2.10 bits per heavy atom. The number of rotatable bonds is 4. The van der Waals surface area contributed by atoms with E-state index >= 15 is 0 Å². The van der Waals surface area contributed by atoms with E-state index in [1.54, 1.807) is 18.2 Å². The fourth-order valence-electron chi connectivity index (χ4n) is 2.08. The Labute approximate surface area is 129 Å². The zero-order valence-corrected chi connectivity index (χ0v) is 12.9. The van der Waals surface area contributed by atoms with Gasteiger partial charge < -0.3 is 15.7 Å². The maximum Gasteiger partial charge on any atom is 0.319 e. The molecule has 5 nitrogen and oxygen atoms in total. The Morgan fingerprint density at radius 1 is 1.40 bits per heavy atom. The minimum Gasteiger partial charge on any atom is -0.481 e. The summed E-state index contributed by atoms with van der Waals surface area (Å²) in [5, 5.41) is 14.8. The lowest BCUT2D eigenvalue weighted by molar-refractivity contribution is -0.153. The van der Waals surface area contributed by atoms with Crippen molar-refractivity contribution in [1.29, 1.82) is 0 Å². The quantitative estimate of drug-likeness (QED) is 0.768. The van der Waals surface area contributed by atoms with Crippen molar-refractivity contribution in [3.8, 4) is 0 Å². The van der Waals surface area contributed by atoms with Crippen LogP contribution in [0.1, 0.15) is 19.3 Å². The van der Waals surface area contributed by atoms with E-state index in [1.165, 1.54) is 0 Å². The Hall–Kier alpha value is -1.27. The third-order valence-electron chi connectivity index (χ3n) is 3.53. The molecule has 0 heterocycles. The molecule has 7 heteroatoms. The number of nitrogens with one attached hydrogen (secondary N) is 2. The Morgan fingerprint density at radius 3 is 2.65 bits per heavy atom. The SMILES string of the molecule is O=C(NCC1(C(=O)O)CCC1)Nc1cc(Br)ccc1Cl. The molecule has 20 heavy (non-hydrogen) atoms. The van der Waals surface area contributed by atoms with Crippen LogP contribution in [0, 0.1) is 5.41 Å². The van der Waals surface area contributed by atoms with Crippen molar-refractivity contribution < 1.29 is 14.7 Å². The van der Waals surface area contributed by atoms with E-state index in [-0.39, 0.29) is 6.54 Å². The highest BCUT2D eigenvalue weighted by Gasteiger charge is 2.44. The number of hydrogen-bond acceptors (Lipinski definition) is 2. The van der Waals surface area contributed by atoms with Gasteiger partial charge in [0.15, 0.2) is 0 Å². The highest BCUT2D eigenvalue weighted by molar-refractivity contribution is 9.10. The molecule has 0 aromatic heterocycles. The van der Waals surface area contributed by atoms with Gasteiger partial charge in [0.25, 0.3) is 0 Å². The first-order valence-electron chi connectivity index (χ1n) is 6.16. The van der Waals surface area contributed by atoms with Gasteiger partial charge in [-0.05, 0) is 31.0 Å². The van der Waals surface area contributed by atoms with Crippen molar-refractivity contribution in [2.45, 2.75) is 19.3 Å². The number of aliphatic carboxylic acids is 1. The van der Waals surface area contributed by atoms with Crippen LogP contribution in [0.2, 0.25) is 5.02 Å². The van der Waals surface area contributed by atoms with Crippen LogP contribution in [-0.4, -0.2) is 23.7 Å². The Balaban J connectivity index is 1.93. The van der Waals surface area contributed by atoms with Gasteiger partial charge in [-0.2, -0.15) is 0 Å². The van der Waals surface area contributed by atoms with Gasteiger partial charge in [0.05, 0.1) is 16.1 Å². The average Bonchev–Trinajstić information content (AvgIpc) is 2.32. The normalized spacial score (nSPS) is 16.1. The van der Waals surface area contributed by atoms with E-state index in [0.29, 0.717) is 23.6 Å². The van der Waals surface area contributed by atoms with Gasteiger partial charge in [-0.3, -0.25) is 4.79 Å². The Bertz CT molecular complexity index is 546. The molecule has 108 valence electrons. The molecule has 1 aliphatic carbocycles. The van der Waals surface area contributed by atoms with Crippen LogP contribution in [-0.2, 0) is 4.79 Å². The number of benzene rings is 1. The highest BCUT2D eigenvalue weighted by atomic mass is 79.9. The zero-order valence-electron chi connectivity index (χ0n) is 10.6. The summed E-state index contributed by atoms with van der Waals surface area (Å²) in [6, 6.07) is 4.64. The summed E-state index contributed by atoms with van der Waals surface area (Å²) in [5.74, 6) is -0.857. The number of hydrogen-bond donors (Lipinski definition) is 3. The van der Waals surface area contributed by atoms with Gasteiger partial charge in [0, 0.05) is 11.0 Å². The Kier molecular flexibility index (Phi) is 4.55. The fourth-order valence-corrected chi connectivity index (χ4v) is 2.60. The minimum absolute atomic E-state index is 0.125. The molecule has 1 aromatic carbocycles. The lowest BCUT2D eigenvalue weighted by Gasteiger charge is -2.37. The molecule has 1 saturated carbocycles. The molecule has 0 aliphatic heterocycles. The summed E-state index contributed by atoms with van der Waals surface area (Å²) < 4.78 is 0.790. The minimum atomic E-state index is -0.857. The molecule has 2 rings (SSSR count). The highest BCUT2D eigenvalue weighted by Crippen LogP contribution is 2.40. The zero-order chi connectivity index (χ0) is 14.8. The van der Waals surface area contributed by atoms with Crippen LogP contribution in [0.15, 0.2) is 22.7 Å². The number of anilines is 1. The van der Waals surface area contributed by atoms with Gasteiger partial charge in [-0.15, -0.1) is 0 Å². The second kappa shape index (κ2) is 6.01. The number of halogens is 2. The van der Waals surface area contributed by atoms with Crippen molar-refractivity contribution in [3.05, 3.63) is 27.7 Å². The first-order chi connectivity index (χ1) is 9.43. The van der Waals surface area contributed by atoms with Crippen molar-refractivity contribution in [2.75, 3.05) is 11.9 Å². The maximum atomic E-state index is 11.8. The molecule has 1 fully saturated rings. The van der Waals surface area contributed by atoms with Crippen molar-refractivity contribution in [3.63, 3.8) is 0 Å². The van der Waals surface area contributed by atoms with Gasteiger partial charge in [0.2, 0.25) is 0 Å². The summed E-state index contributed by atoms with van der Waals surface area (Å²) in [6.45, 7) is 0.125. The fraction of sp³-hybridized carbons (Fsp3) is 0.385. The van der Waals surface area contributed by atoms with Gasteiger partial charge in [-0.25, -0.2) is 4.79 Å². The number of urea groups is 1.